The maximum atomic E-state index is 13.7. The Bertz CT molecular complexity index is 1290. The Kier molecular flexibility index (Phi) is 7.45. The summed E-state index contributed by atoms with van der Waals surface area (Å²) in [6.07, 6.45) is 4.21. The highest BCUT2D eigenvalue weighted by Crippen LogP contribution is 2.48. The van der Waals surface area contributed by atoms with E-state index < -0.39 is 15.6 Å². The summed E-state index contributed by atoms with van der Waals surface area (Å²) in [5.41, 5.74) is 0.738. The third-order valence-electron chi connectivity index (χ3n) is 8.01. The van der Waals surface area contributed by atoms with Gasteiger partial charge in [-0.05, 0) is 96.3 Å². The maximum Gasteiger partial charge on any atom is 0.241 e. The van der Waals surface area contributed by atoms with Gasteiger partial charge in [0.1, 0.15) is 0 Å². The van der Waals surface area contributed by atoms with Crippen LogP contribution in [0.3, 0.4) is 0 Å². The van der Waals surface area contributed by atoms with E-state index in [2.05, 4.69) is 34.5 Å². The molecule has 1 aromatic carbocycles. The Morgan fingerprint density at radius 3 is 2.42 bits per heavy atom. The van der Waals surface area contributed by atoms with Crippen LogP contribution in [-0.4, -0.2) is 36.9 Å². The number of likely N-dealkylation sites (tertiary alicyclic amines) is 1. The molecule has 4 rings (SSSR count). The van der Waals surface area contributed by atoms with Crippen molar-refractivity contribution in [2.75, 3.05) is 13.1 Å². The van der Waals surface area contributed by atoms with Crippen molar-refractivity contribution >= 4 is 21.4 Å². The molecular weight excluding hydrogens is 493 g/mol. The number of rotatable bonds is 9. The molecule has 3 aromatic rings. The SMILES string of the molecule is Cc1ccc(C(C)(C)N2CCC(CCc3ccc(F)s3)(C(C)(C)NS(=O)(=O)c3ccccc3)C2)cn1. The Morgan fingerprint density at radius 2 is 1.81 bits per heavy atom. The van der Waals surface area contributed by atoms with Crippen LogP contribution >= 0.6 is 11.3 Å². The lowest BCUT2D eigenvalue weighted by atomic mass is 9.68. The molecule has 1 N–H and O–H groups in total. The van der Waals surface area contributed by atoms with Gasteiger partial charge in [-0.25, -0.2) is 13.1 Å². The van der Waals surface area contributed by atoms with E-state index in [-0.39, 0.29) is 21.0 Å². The van der Waals surface area contributed by atoms with Gasteiger partial charge < -0.3 is 0 Å². The molecule has 194 valence electrons. The Labute approximate surface area is 218 Å². The molecule has 1 atom stereocenters. The monoisotopic (exact) mass is 529 g/mol. The number of nitrogens with zero attached hydrogens (tertiary/aromatic N) is 2. The standard InChI is InChI=1S/C28H36FN3O2S2/c1-21-11-12-22(19-30-21)26(2,3)32-18-17-28(20-32,16-15-23-13-14-25(29)35-23)27(4,5)31-36(33,34)24-9-7-6-8-10-24/h6-14,19,31H,15-18,20H2,1-5H3. The van der Waals surface area contributed by atoms with Crippen LogP contribution in [0.2, 0.25) is 0 Å². The third-order valence-corrected chi connectivity index (χ3v) is 10.6. The molecule has 1 aliphatic heterocycles. The highest BCUT2D eigenvalue weighted by molar-refractivity contribution is 7.89. The van der Waals surface area contributed by atoms with E-state index in [0.29, 0.717) is 13.0 Å². The molecule has 1 saturated heterocycles. The van der Waals surface area contributed by atoms with E-state index in [4.69, 9.17) is 0 Å². The van der Waals surface area contributed by atoms with Crippen molar-refractivity contribution in [3.8, 4) is 0 Å². The summed E-state index contributed by atoms with van der Waals surface area (Å²) in [4.78, 5) is 8.19. The van der Waals surface area contributed by atoms with Crippen molar-refractivity contribution in [2.24, 2.45) is 5.41 Å². The first kappa shape index (κ1) is 26.9. The van der Waals surface area contributed by atoms with Crippen molar-refractivity contribution in [2.45, 2.75) is 69.9 Å². The van der Waals surface area contributed by atoms with E-state index in [1.165, 1.54) is 17.4 Å². The lowest BCUT2D eigenvalue weighted by Gasteiger charge is -2.46. The number of pyridine rings is 1. The highest BCUT2D eigenvalue weighted by atomic mass is 32.2. The molecule has 3 heterocycles. The molecule has 0 bridgehead atoms. The second-order valence-electron chi connectivity index (χ2n) is 10.9. The average Bonchev–Trinajstić information content (AvgIpc) is 3.46. The quantitative estimate of drug-likeness (QED) is 0.374. The van der Waals surface area contributed by atoms with Crippen molar-refractivity contribution in [3.05, 3.63) is 82.1 Å². The summed E-state index contributed by atoms with van der Waals surface area (Å²) in [5.74, 6) is 0. The first-order chi connectivity index (χ1) is 16.8. The van der Waals surface area contributed by atoms with E-state index in [9.17, 15) is 12.8 Å². The highest BCUT2D eigenvalue weighted by Gasteiger charge is 2.53. The number of thiophene rings is 1. The fourth-order valence-corrected chi connectivity index (χ4v) is 7.59. The number of nitrogens with one attached hydrogen (secondary N) is 1. The molecule has 0 aliphatic carbocycles. The summed E-state index contributed by atoms with van der Waals surface area (Å²) in [5, 5.41) is -0.191. The molecule has 0 radical (unpaired) electrons. The smallest absolute Gasteiger partial charge is 0.241 e. The molecule has 0 saturated carbocycles. The number of aromatic nitrogens is 1. The minimum Gasteiger partial charge on any atom is -0.293 e. The van der Waals surface area contributed by atoms with Crippen LogP contribution in [0.25, 0.3) is 0 Å². The Morgan fingerprint density at radius 1 is 1.08 bits per heavy atom. The van der Waals surface area contributed by atoms with Gasteiger partial charge in [-0.1, -0.05) is 24.3 Å². The summed E-state index contributed by atoms with van der Waals surface area (Å²) in [6.45, 7) is 11.9. The van der Waals surface area contributed by atoms with Crippen molar-refractivity contribution in [1.82, 2.24) is 14.6 Å². The third kappa shape index (κ3) is 5.42. The fraction of sp³-hybridized carbons (Fsp3) is 0.464. The van der Waals surface area contributed by atoms with Crippen LogP contribution in [0.1, 0.15) is 56.7 Å². The van der Waals surface area contributed by atoms with Gasteiger partial charge in [0.15, 0.2) is 5.13 Å². The molecule has 1 unspecified atom stereocenters. The minimum atomic E-state index is -3.72. The van der Waals surface area contributed by atoms with Crippen LogP contribution in [-0.2, 0) is 22.0 Å². The zero-order chi connectivity index (χ0) is 26.2. The molecule has 0 amide bonds. The van der Waals surface area contributed by atoms with Crippen LogP contribution in [0, 0.1) is 17.5 Å². The van der Waals surface area contributed by atoms with Gasteiger partial charge >= 0.3 is 0 Å². The van der Waals surface area contributed by atoms with Gasteiger partial charge in [0.25, 0.3) is 0 Å². The first-order valence-corrected chi connectivity index (χ1v) is 14.7. The second-order valence-corrected chi connectivity index (χ2v) is 13.7. The van der Waals surface area contributed by atoms with E-state index in [0.717, 1.165) is 35.5 Å². The number of hydrogen-bond acceptors (Lipinski definition) is 5. The number of aryl methyl sites for hydroxylation is 2. The number of sulfonamides is 1. The normalized spacial score (nSPS) is 19.6. The van der Waals surface area contributed by atoms with Crippen LogP contribution in [0.4, 0.5) is 4.39 Å². The maximum absolute atomic E-state index is 13.7. The molecule has 1 aliphatic rings. The van der Waals surface area contributed by atoms with Crippen LogP contribution in [0.15, 0.2) is 65.7 Å². The minimum absolute atomic E-state index is 0.191. The van der Waals surface area contributed by atoms with E-state index >= 15 is 0 Å². The molecule has 5 nitrogen and oxygen atoms in total. The molecule has 1 fully saturated rings. The molecule has 0 spiro atoms. The predicted octanol–water partition coefficient (Wildman–Crippen LogP) is 5.91. The summed E-state index contributed by atoms with van der Waals surface area (Å²) < 4.78 is 43.5. The fourth-order valence-electron chi connectivity index (χ4n) is 5.34. The van der Waals surface area contributed by atoms with E-state index in [1.54, 1.807) is 24.3 Å². The summed E-state index contributed by atoms with van der Waals surface area (Å²) in [6, 6.07) is 16.0. The Hall–Kier alpha value is -2.13. The number of hydrogen-bond donors (Lipinski definition) is 1. The number of benzene rings is 1. The van der Waals surface area contributed by atoms with Crippen molar-refractivity contribution in [1.29, 1.82) is 0 Å². The zero-order valence-corrected chi connectivity index (χ0v) is 23.3. The van der Waals surface area contributed by atoms with Gasteiger partial charge in [-0.15, -0.1) is 11.3 Å². The van der Waals surface area contributed by atoms with Crippen LogP contribution < -0.4 is 4.72 Å². The predicted molar refractivity (Wildman–Crippen MR) is 144 cm³/mol. The number of halogens is 1. The summed E-state index contributed by atoms with van der Waals surface area (Å²) in [7, 11) is -3.72. The lowest BCUT2D eigenvalue weighted by Crippen LogP contribution is -2.58. The average molecular weight is 530 g/mol. The van der Waals surface area contributed by atoms with Gasteiger partial charge in [-0.3, -0.25) is 9.88 Å². The van der Waals surface area contributed by atoms with E-state index in [1.807, 2.05) is 45.2 Å². The molecular formula is C28H36FN3O2S2. The van der Waals surface area contributed by atoms with Crippen molar-refractivity contribution in [3.63, 3.8) is 0 Å². The largest absolute Gasteiger partial charge is 0.293 e. The van der Waals surface area contributed by atoms with Crippen LogP contribution in [0.5, 0.6) is 0 Å². The lowest BCUT2D eigenvalue weighted by molar-refractivity contribution is 0.0851. The van der Waals surface area contributed by atoms with Crippen molar-refractivity contribution < 1.29 is 12.8 Å². The Balaban J connectivity index is 1.65. The van der Waals surface area contributed by atoms with Gasteiger partial charge in [-0.2, -0.15) is 4.39 Å². The first-order valence-electron chi connectivity index (χ1n) is 12.4. The van der Waals surface area contributed by atoms with Gasteiger partial charge in [0, 0.05) is 39.8 Å². The van der Waals surface area contributed by atoms with Gasteiger partial charge in [0.2, 0.25) is 10.0 Å². The molecule has 8 heteroatoms. The zero-order valence-electron chi connectivity index (χ0n) is 21.7. The molecule has 36 heavy (non-hydrogen) atoms. The van der Waals surface area contributed by atoms with Gasteiger partial charge in [0.05, 0.1) is 4.90 Å². The topological polar surface area (TPSA) is 62.3 Å². The second kappa shape index (κ2) is 9.97. The summed E-state index contributed by atoms with van der Waals surface area (Å²) >= 11 is 1.17. The molecule has 2 aromatic heterocycles.